The largest absolute Gasteiger partial charge is 0.354 e. The van der Waals surface area contributed by atoms with Crippen LogP contribution in [0, 0.1) is 6.92 Å². The molecule has 0 aliphatic carbocycles. The van der Waals surface area contributed by atoms with Crippen molar-refractivity contribution < 1.29 is 9.59 Å². The quantitative estimate of drug-likeness (QED) is 0.646. The van der Waals surface area contributed by atoms with Gasteiger partial charge < -0.3 is 16.4 Å². The van der Waals surface area contributed by atoms with E-state index in [0.29, 0.717) is 18.8 Å². The minimum absolute atomic E-state index is 0.187. The van der Waals surface area contributed by atoms with E-state index in [1.165, 1.54) is 0 Å². The van der Waals surface area contributed by atoms with Crippen LogP contribution in [0.5, 0.6) is 0 Å². The SMILES string of the molecule is Cc1ccc(NC(=O)CC(=O)NCCN)cc1. The molecule has 4 N–H and O–H groups in total. The molecule has 0 radical (unpaired) electrons. The summed E-state index contributed by atoms with van der Waals surface area (Å²) in [5.41, 5.74) is 7.03. The molecule has 0 bridgehead atoms. The molecule has 1 aromatic carbocycles. The maximum atomic E-state index is 11.5. The summed E-state index contributed by atoms with van der Waals surface area (Å²) in [5.74, 6) is -0.650. The molecule has 1 rings (SSSR count). The van der Waals surface area contributed by atoms with Crippen LogP contribution in [0.1, 0.15) is 12.0 Å². The summed E-state index contributed by atoms with van der Waals surface area (Å²) in [7, 11) is 0. The molecule has 0 aromatic heterocycles. The monoisotopic (exact) mass is 235 g/mol. The first-order chi connectivity index (χ1) is 8.11. The number of nitrogens with one attached hydrogen (secondary N) is 2. The Kier molecular flexibility index (Phi) is 5.16. The average molecular weight is 235 g/mol. The molecule has 0 fully saturated rings. The van der Waals surface area contributed by atoms with Gasteiger partial charge in [0.05, 0.1) is 0 Å². The van der Waals surface area contributed by atoms with Crippen molar-refractivity contribution in [1.82, 2.24) is 5.32 Å². The Balaban J connectivity index is 2.39. The second-order valence-electron chi connectivity index (χ2n) is 3.73. The van der Waals surface area contributed by atoms with Crippen molar-refractivity contribution >= 4 is 17.5 Å². The lowest BCUT2D eigenvalue weighted by Gasteiger charge is -2.06. The minimum atomic E-state index is -0.330. The standard InChI is InChI=1S/C12H17N3O2/c1-9-2-4-10(5-3-9)15-12(17)8-11(16)14-7-6-13/h2-5H,6-8,13H2,1H3,(H,14,16)(H,15,17). The molecular formula is C12H17N3O2. The van der Waals surface area contributed by atoms with Crippen LogP contribution >= 0.6 is 0 Å². The Hall–Kier alpha value is -1.88. The second kappa shape index (κ2) is 6.65. The fourth-order valence-electron chi connectivity index (χ4n) is 1.26. The third-order valence-electron chi connectivity index (χ3n) is 2.12. The van der Waals surface area contributed by atoms with E-state index in [1.54, 1.807) is 12.1 Å². The van der Waals surface area contributed by atoms with Gasteiger partial charge in [0.1, 0.15) is 6.42 Å². The minimum Gasteiger partial charge on any atom is -0.354 e. The van der Waals surface area contributed by atoms with E-state index in [0.717, 1.165) is 5.56 Å². The van der Waals surface area contributed by atoms with Crippen molar-refractivity contribution in [1.29, 1.82) is 0 Å². The van der Waals surface area contributed by atoms with Gasteiger partial charge in [-0.3, -0.25) is 9.59 Å². The molecule has 2 amide bonds. The zero-order valence-corrected chi connectivity index (χ0v) is 9.82. The lowest BCUT2D eigenvalue weighted by atomic mass is 10.2. The maximum absolute atomic E-state index is 11.5. The summed E-state index contributed by atoms with van der Waals surface area (Å²) in [5, 5.41) is 5.18. The number of amides is 2. The van der Waals surface area contributed by atoms with Gasteiger partial charge in [-0.15, -0.1) is 0 Å². The first-order valence-electron chi connectivity index (χ1n) is 5.45. The highest BCUT2D eigenvalue weighted by atomic mass is 16.2. The first kappa shape index (κ1) is 13.2. The number of carbonyl (C=O) groups excluding carboxylic acids is 2. The van der Waals surface area contributed by atoms with Crippen LogP contribution in [0.3, 0.4) is 0 Å². The number of carbonyl (C=O) groups is 2. The molecule has 1 aromatic rings. The highest BCUT2D eigenvalue weighted by molar-refractivity contribution is 6.03. The summed E-state index contributed by atoms with van der Waals surface area (Å²) in [6, 6.07) is 7.38. The number of aryl methyl sites for hydroxylation is 1. The lowest BCUT2D eigenvalue weighted by Crippen LogP contribution is -2.31. The van der Waals surface area contributed by atoms with E-state index in [9.17, 15) is 9.59 Å². The van der Waals surface area contributed by atoms with Crippen molar-refractivity contribution in [3.05, 3.63) is 29.8 Å². The summed E-state index contributed by atoms with van der Waals surface area (Å²) in [4.78, 5) is 22.7. The molecule has 0 saturated carbocycles. The zero-order valence-electron chi connectivity index (χ0n) is 9.82. The Bertz CT molecular complexity index is 387. The lowest BCUT2D eigenvalue weighted by molar-refractivity contribution is -0.126. The number of rotatable bonds is 5. The molecule has 0 unspecified atom stereocenters. The fourth-order valence-corrected chi connectivity index (χ4v) is 1.26. The normalized spacial score (nSPS) is 9.76. The van der Waals surface area contributed by atoms with Gasteiger partial charge in [0.15, 0.2) is 0 Å². The van der Waals surface area contributed by atoms with Gasteiger partial charge in [-0.05, 0) is 19.1 Å². The van der Waals surface area contributed by atoms with Crippen molar-refractivity contribution in [2.45, 2.75) is 13.3 Å². The van der Waals surface area contributed by atoms with Gasteiger partial charge in [-0.25, -0.2) is 0 Å². The Morgan fingerprint density at radius 2 is 1.82 bits per heavy atom. The molecule has 0 aliphatic rings. The van der Waals surface area contributed by atoms with Crippen LogP contribution in [0.2, 0.25) is 0 Å². The predicted molar refractivity (Wildman–Crippen MR) is 66.5 cm³/mol. The van der Waals surface area contributed by atoms with Crippen molar-refractivity contribution in [2.75, 3.05) is 18.4 Å². The molecule has 5 heteroatoms. The highest BCUT2D eigenvalue weighted by Gasteiger charge is 2.08. The van der Waals surface area contributed by atoms with E-state index in [1.807, 2.05) is 19.1 Å². The summed E-state index contributed by atoms with van der Waals surface area (Å²) < 4.78 is 0. The molecule has 5 nitrogen and oxygen atoms in total. The molecule has 17 heavy (non-hydrogen) atoms. The second-order valence-corrected chi connectivity index (χ2v) is 3.73. The van der Waals surface area contributed by atoms with E-state index in [-0.39, 0.29) is 18.2 Å². The van der Waals surface area contributed by atoms with E-state index in [2.05, 4.69) is 10.6 Å². The van der Waals surface area contributed by atoms with Gasteiger partial charge in [0.2, 0.25) is 11.8 Å². The van der Waals surface area contributed by atoms with Crippen LogP contribution in [-0.2, 0) is 9.59 Å². The molecule has 0 heterocycles. The van der Waals surface area contributed by atoms with Gasteiger partial charge in [0.25, 0.3) is 0 Å². The van der Waals surface area contributed by atoms with Gasteiger partial charge in [0, 0.05) is 18.8 Å². The van der Waals surface area contributed by atoms with Crippen molar-refractivity contribution in [3.63, 3.8) is 0 Å². The van der Waals surface area contributed by atoms with Crippen molar-refractivity contribution in [2.24, 2.45) is 5.73 Å². The number of hydrogen-bond acceptors (Lipinski definition) is 3. The van der Waals surface area contributed by atoms with Crippen LogP contribution < -0.4 is 16.4 Å². The van der Waals surface area contributed by atoms with E-state index in [4.69, 9.17) is 5.73 Å². The van der Waals surface area contributed by atoms with Crippen LogP contribution in [0.4, 0.5) is 5.69 Å². The number of benzene rings is 1. The highest BCUT2D eigenvalue weighted by Crippen LogP contribution is 2.08. The third kappa shape index (κ3) is 5.12. The predicted octanol–water partition coefficient (Wildman–Crippen LogP) is 0.399. The fraction of sp³-hybridized carbons (Fsp3) is 0.333. The smallest absolute Gasteiger partial charge is 0.233 e. The molecule has 0 aliphatic heterocycles. The number of hydrogen-bond donors (Lipinski definition) is 3. The Labute approximate surface area is 100 Å². The van der Waals surface area contributed by atoms with Crippen molar-refractivity contribution in [3.8, 4) is 0 Å². The van der Waals surface area contributed by atoms with Crippen LogP contribution in [0.15, 0.2) is 24.3 Å². The number of anilines is 1. The molecule has 0 atom stereocenters. The average Bonchev–Trinajstić information content (AvgIpc) is 2.29. The summed E-state index contributed by atoms with van der Waals surface area (Å²) >= 11 is 0. The molecule has 0 spiro atoms. The van der Waals surface area contributed by atoms with Crippen LogP contribution in [0.25, 0.3) is 0 Å². The van der Waals surface area contributed by atoms with E-state index >= 15 is 0 Å². The molecular weight excluding hydrogens is 218 g/mol. The summed E-state index contributed by atoms with van der Waals surface area (Å²) in [6.07, 6.45) is -0.187. The van der Waals surface area contributed by atoms with Crippen LogP contribution in [-0.4, -0.2) is 24.9 Å². The van der Waals surface area contributed by atoms with Gasteiger partial charge in [-0.1, -0.05) is 17.7 Å². The summed E-state index contributed by atoms with van der Waals surface area (Å²) in [6.45, 7) is 2.72. The Morgan fingerprint density at radius 3 is 2.41 bits per heavy atom. The third-order valence-corrected chi connectivity index (χ3v) is 2.12. The molecule has 92 valence electrons. The van der Waals surface area contributed by atoms with Gasteiger partial charge >= 0.3 is 0 Å². The Morgan fingerprint density at radius 1 is 1.18 bits per heavy atom. The van der Waals surface area contributed by atoms with Gasteiger partial charge in [-0.2, -0.15) is 0 Å². The topological polar surface area (TPSA) is 84.2 Å². The maximum Gasteiger partial charge on any atom is 0.233 e. The molecule has 0 saturated heterocycles. The van der Waals surface area contributed by atoms with E-state index < -0.39 is 0 Å². The zero-order chi connectivity index (χ0) is 12.7. The first-order valence-corrected chi connectivity index (χ1v) is 5.45. The number of nitrogens with two attached hydrogens (primary N) is 1.